The van der Waals surface area contributed by atoms with Gasteiger partial charge in [0.25, 0.3) is 0 Å². The zero-order valence-electron chi connectivity index (χ0n) is 20.1. The molecular formula is C26H25ClF2N4O4. The van der Waals surface area contributed by atoms with Crippen molar-refractivity contribution in [1.29, 1.82) is 0 Å². The molecule has 3 atom stereocenters. The number of carbonyl (C=O) groups is 1. The molecule has 2 saturated heterocycles. The summed E-state index contributed by atoms with van der Waals surface area (Å²) in [5.74, 6) is -0.672. The number of hydrogen-bond donors (Lipinski definition) is 0. The highest BCUT2D eigenvalue weighted by Gasteiger charge is 2.43. The molecule has 2 unspecified atom stereocenters. The van der Waals surface area contributed by atoms with Crippen LogP contribution in [0.2, 0.25) is 5.15 Å². The summed E-state index contributed by atoms with van der Waals surface area (Å²) < 4.78 is 45.8. The Kier molecular flexibility index (Phi) is 6.32. The molecule has 3 aromatic rings. The van der Waals surface area contributed by atoms with Crippen LogP contribution in [0.15, 0.2) is 28.8 Å². The highest BCUT2D eigenvalue weighted by atomic mass is 35.5. The molecule has 3 fully saturated rings. The van der Waals surface area contributed by atoms with Crippen molar-refractivity contribution >= 4 is 23.5 Å². The molecule has 8 nitrogen and oxygen atoms in total. The van der Waals surface area contributed by atoms with Crippen molar-refractivity contribution in [2.75, 3.05) is 12.0 Å². The highest BCUT2D eigenvalue weighted by Crippen LogP contribution is 2.45. The maximum atomic E-state index is 14.6. The summed E-state index contributed by atoms with van der Waals surface area (Å²) in [4.78, 5) is 22.9. The predicted molar refractivity (Wildman–Crippen MR) is 129 cm³/mol. The van der Waals surface area contributed by atoms with Crippen molar-refractivity contribution in [3.63, 3.8) is 0 Å². The molecule has 2 aliphatic heterocycles. The molecule has 37 heavy (non-hydrogen) atoms. The predicted octanol–water partition coefficient (Wildman–Crippen LogP) is 5.44. The number of benzene rings is 1. The maximum absolute atomic E-state index is 14.6. The lowest BCUT2D eigenvalue weighted by Gasteiger charge is -2.39. The molecule has 0 amide bonds. The minimum atomic E-state index is -0.684. The normalized spacial score (nSPS) is 22.9. The SMILES string of the molecule is COC(=O)c1cc(Cl)nc(N2C3CC[C@H]2CC(OCc2c(-c4c(F)cccc4F)noc2C2CC2)C3)n1. The molecule has 11 heteroatoms. The van der Waals surface area contributed by atoms with E-state index in [1.165, 1.54) is 31.4 Å². The fourth-order valence-corrected chi connectivity index (χ4v) is 5.75. The number of esters is 1. The third-order valence-electron chi connectivity index (χ3n) is 7.43. The van der Waals surface area contributed by atoms with Gasteiger partial charge in [0, 0.05) is 29.6 Å². The Morgan fingerprint density at radius 2 is 1.84 bits per heavy atom. The highest BCUT2D eigenvalue weighted by molar-refractivity contribution is 6.29. The quantitative estimate of drug-likeness (QED) is 0.294. The monoisotopic (exact) mass is 530 g/mol. The van der Waals surface area contributed by atoms with Crippen LogP contribution in [-0.4, -0.2) is 46.4 Å². The van der Waals surface area contributed by atoms with Gasteiger partial charge in [0.2, 0.25) is 5.95 Å². The number of fused-ring (bicyclic) bond motifs is 2. The van der Waals surface area contributed by atoms with Gasteiger partial charge in [-0.15, -0.1) is 0 Å². The van der Waals surface area contributed by atoms with Crippen LogP contribution in [0, 0.1) is 11.6 Å². The van der Waals surface area contributed by atoms with E-state index in [1.807, 2.05) is 0 Å². The molecule has 4 heterocycles. The molecule has 194 valence electrons. The number of carbonyl (C=O) groups excluding carboxylic acids is 1. The number of ether oxygens (including phenoxy) is 2. The number of hydrogen-bond acceptors (Lipinski definition) is 8. The molecule has 2 bridgehead atoms. The van der Waals surface area contributed by atoms with Crippen LogP contribution in [0.4, 0.5) is 14.7 Å². The van der Waals surface area contributed by atoms with Crippen molar-refractivity contribution < 1.29 is 27.6 Å². The minimum absolute atomic E-state index is 0.0757. The lowest BCUT2D eigenvalue weighted by atomic mass is 9.99. The number of piperidine rings is 1. The molecule has 2 aromatic heterocycles. The first-order valence-electron chi connectivity index (χ1n) is 12.4. The molecule has 0 N–H and O–H groups in total. The molecule has 1 saturated carbocycles. The minimum Gasteiger partial charge on any atom is -0.464 e. The second-order valence-electron chi connectivity index (χ2n) is 9.81. The number of methoxy groups -OCH3 is 1. The van der Waals surface area contributed by atoms with Gasteiger partial charge >= 0.3 is 5.97 Å². The lowest BCUT2D eigenvalue weighted by molar-refractivity contribution is 0.0144. The van der Waals surface area contributed by atoms with Crippen LogP contribution < -0.4 is 4.90 Å². The number of halogens is 3. The van der Waals surface area contributed by atoms with Gasteiger partial charge in [-0.2, -0.15) is 0 Å². The van der Waals surface area contributed by atoms with Gasteiger partial charge in [-0.3, -0.25) is 0 Å². The van der Waals surface area contributed by atoms with Crippen LogP contribution in [0.25, 0.3) is 11.3 Å². The second-order valence-corrected chi connectivity index (χ2v) is 10.2. The first kappa shape index (κ1) is 24.2. The molecule has 6 rings (SSSR count). The van der Waals surface area contributed by atoms with Crippen molar-refractivity contribution in [2.45, 2.75) is 69.2 Å². The Balaban J connectivity index is 1.21. The standard InChI is InChI=1S/C26H25ClF2N4O4/c1-35-25(34)20-11-21(27)31-26(30-20)33-14-7-8-15(33)10-16(9-14)36-12-17-23(32-37-24(17)13-5-6-13)22-18(28)3-2-4-19(22)29/h2-4,11,13-16H,5-10,12H2,1H3/t14-,15?,16?/m0/s1. The van der Waals surface area contributed by atoms with Crippen molar-refractivity contribution in [3.8, 4) is 11.3 Å². The largest absolute Gasteiger partial charge is 0.464 e. The molecule has 3 aliphatic rings. The molecule has 1 aromatic carbocycles. The Bertz CT molecular complexity index is 1310. The van der Waals surface area contributed by atoms with Crippen LogP contribution in [0.1, 0.15) is 66.3 Å². The molecule has 0 radical (unpaired) electrons. The summed E-state index contributed by atoms with van der Waals surface area (Å²) in [6.07, 6.45) is 5.13. The van der Waals surface area contributed by atoms with Gasteiger partial charge in [-0.1, -0.05) is 22.8 Å². The summed E-state index contributed by atoms with van der Waals surface area (Å²) in [5.41, 5.74) is 0.706. The average Bonchev–Trinajstić information content (AvgIpc) is 3.59. The topological polar surface area (TPSA) is 90.6 Å². The zero-order valence-corrected chi connectivity index (χ0v) is 20.9. The summed E-state index contributed by atoms with van der Waals surface area (Å²) in [5, 5.41) is 4.23. The number of anilines is 1. The van der Waals surface area contributed by atoms with Crippen LogP contribution in [0.3, 0.4) is 0 Å². The smallest absolute Gasteiger partial charge is 0.356 e. The van der Waals surface area contributed by atoms with E-state index in [-0.39, 0.29) is 52.8 Å². The zero-order chi connectivity index (χ0) is 25.7. The van der Waals surface area contributed by atoms with Gasteiger partial charge in [0.05, 0.1) is 25.4 Å². The number of rotatable bonds is 7. The summed E-state index contributed by atoms with van der Waals surface area (Å²) in [6, 6.07) is 5.37. The molecular weight excluding hydrogens is 506 g/mol. The van der Waals surface area contributed by atoms with E-state index in [0.29, 0.717) is 30.1 Å². The Morgan fingerprint density at radius 3 is 2.49 bits per heavy atom. The fraction of sp³-hybridized carbons (Fsp3) is 0.462. The van der Waals surface area contributed by atoms with E-state index in [0.717, 1.165) is 25.7 Å². The van der Waals surface area contributed by atoms with Gasteiger partial charge in [-0.25, -0.2) is 23.5 Å². The first-order valence-corrected chi connectivity index (χ1v) is 12.8. The van der Waals surface area contributed by atoms with E-state index in [4.69, 9.17) is 25.6 Å². The van der Waals surface area contributed by atoms with Crippen LogP contribution in [0.5, 0.6) is 0 Å². The average molecular weight is 531 g/mol. The van der Waals surface area contributed by atoms with E-state index >= 15 is 0 Å². The third-order valence-corrected chi connectivity index (χ3v) is 7.62. The van der Waals surface area contributed by atoms with Crippen molar-refractivity contribution in [2.24, 2.45) is 0 Å². The Labute approximate surface area is 216 Å². The Hall–Kier alpha value is -3.11. The summed E-state index contributed by atoms with van der Waals surface area (Å²) >= 11 is 6.18. The molecule has 1 aliphatic carbocycles. The number of nitrogens with zero attached hydrogens (tertiary/aromatic N) is 4. The van der Waals surface area contributed by atoms with Crippen LogP contribution in [-0.2, 0) is 16.1 Å². The van der Waals surface area contributed by atoms with Crippen LogP contribution >= 0.6 is 11.6 Å². The lowest BCUT2D eigenvalue weighted by Crippen LogP contribution is -2.46. The maximum Gasteiger partial charge on any atom is 0.356 e. The molecule has 0 spiro atoms. The summed E-state index contributed by atoms with van der Waals surface area (Å²) in [7, 11) is 1.29. The number of aromatic nitrogens is 3. The van der Waals surface area contributed by atoms with Gasteiger partial charge in [0.1, 0.15) is 28.2 Å². The van der Waals surface area contributed by atoms with Gasteiger partial charge in [0.15, 0.2) is 5.69 Å². The Morgan fingerprint density at radius 1 is 1.14 bits per heavy atom. The first-order chi connectivity index (χ1) is 17.9. The van der Waals surface area contributed by atoms with Crippen molar-refractivity contribution in [1.82, 2.24) is 15.1 Å². The third kappa shape index (κ3) is 4.57. The second kappa shape index (κ2) is 9.64. The fourth-order valence-electron chi connectivity index (χ4n) is 5.57. The van der Waals surface area contributed by atoms with Crippen molar-refractivity contribution in [3.05, 3.63) is 58.1 Å². The van der Waals surface area contributed by atoms with E-state index < -0.39 is 17.6 Å². The summed E-state index contributed by atoms with van der Waals surface area (Å²) in [6.45, 7) is 0.155. The van der Waals surface area contributed by atoms with Gasteiger partial charge < -0.3 is 18.9 Å². The van der Waals surface area contributed by atoms with E-state index in [1.54, 1.807) is 0 Å². The van der Waals surface area contributed by atoms with E-state index in [2.05, 4.69) is 20.0 Å². The van der Waals surface area contributed by atoms with Gasteiger partial charge in [-0.05, 0) is 50.7 Å². The van der Waals surface area contributed by atoms with E-state index in [9.17, 15) is 13.6 Å².